The van der Waals surface area contributed by atoms with Crippen LogP contribution in [-0.2, 0) is 27.3 Å². The van der Waals surface area contributed by atoms with E-state index in [0.717, 1.165) is 41.6 Å². The van der Waals surface area contributed by atoms with Crippen molar-refractivity contribution in [1.29, 1.82) is 0 Å². The first-order valence-corrected chi connectivity index (χ1v) is 14.6. The number of nitrogens with one attached hydrogen (secondary N) is 2. The first-order valence-electron chi connectivity index (χ1n) is 14.2. The van der Waals surface area contributed by atoms with Crippen LogP contribution in [0.2, 0.25) is 5.02 Å². The van der Waals surface area contributed by atoms with E-state index < -0.39 is 5.60 Å². The molecule has 1 fully saturated rings. The summed E-state index contributed by atoms with van der Waals surface area (Å²) in [4.78, 5) is 40.4. The maximum absolute atomic E-state index is 12.9. The van der Waals surface area contributed by atoms with Gasteiger partial charge in [0.25, 0.3) is 5.91 Å². The molecule has 3 aromatic rings. The zero-order chi connectivity index (χ0) is 29.9. The van der Waals surface area contributed by atoms with E-state index >= 15 is 0 Å². The summed E-state index contributed by atoms with van der Waals surface area (Å²) in [5.41, 5.74) is 2.65. The Labute approximate surface area is 250 Å². The Bertz CT molecular complexity index is 1460. The fraction of sp³-hybridized carbons (Fsp3) is 0.500. The fourth-order valence-corrected chi connectivity index (χ4v) is 5.65. The monoisotopic (exact) mass is 596 g/mol. The lowest BCUT2D eigenvalue weighted by atomic mass is 9.93. The minimum atomic E-state index is -0.564. The molecule has 11 nitrogen and oxygen atoms in total. The number of carbonyl (C=O) groups excluding carboxylic acids is 2. The van der Waals surface area contributed by atoms with Crippen molar-refractivity contribution in [3.63, 3.8) is 0 Å². The van der Waals surface area contributed by atoms with Gasteiger partial charge in [0, 0.05) is 43.0 Å². The van der Waals surface area contributed by atoms with E-state index in [1.54, 1.807) is 19.4 Å². The van der Waals surface area contributed by atoms with Crippen molar-refractivity contribution < 1.29 is 23.8 Å². The van der Waals surface area contributed by atoms with Crippen LogP contribution in [0.15, 0.2) is 30.5 Å². The lowest BCUT2D eigenvalue weighted by Crippen LogP contribution is -2.52. The number of rotatable bonds is 9. The number of aryl methyl sites for hydroxylation is 1. The molecule has 2 atom stereocenters. The largest absolute Gasteiger partial charge is 0.481 e. The quantitative estimate of drug-likeness (QED) is 0.351. The molecule has 42 heavy (non-hydrogen) atoms. The molecule has 5 rings (SSSR count). The first kappa shape index (κ1) is 29.9. The van der Waals surface area contributed by atoms with Gasteiger partial charge in [-0.25, -0.2) is 9.97 Å². The number of nitrogens with zero attached hydrogens (tertiary/aromatic N) is 4. The third-order valence-corrected chi connectivity index (χ3v) is 7.68. The second kappa shape index (κ2) is 12.8. The average Bonchev–Trinajstić information content (AvgIpc) is 2.94. The molecule has 12 heteroatoms. The molecule has 1 saturated heterocycles. The molecule has 2 N–H and O–H groups in total. The SMILES string of the molecule is COc1ccc2ncc(Cl)c(CCC3CCC(NCc4ccc5c(n4)NC(=O)CO5)CN3CC(=O)OC(C)(C)C)c2n1. The number of fused-ring (bicyclic) bond motifs is 2. The Morgan fingerprint density at radius 1 is 1.21 bits per heavy atom. The van der Waals surface area contributed by atoms with Crippen LogP contribution >= 0.6 is 11.6 Å². The smallest absolute Gasteiger partial charge is 0.320 e. The van der Waals surface area contributed by atoms with E-state index in [1.165, 1.54) is 0 Å². The van der Waals surface area contributed by atoms with E-state index in [9.17, 15) is 9.59 Å². The normalized spacial score (nSPS) is 19.1. The maximum Gasteiger partial charge on any atom is 0.320 e. The number of methoxy groups -OCH3 is 1. The Hall–Kier alpha value is -3.54. The highest BCUT2D eigenvalue weighted by Gasteiger charge is 2.31. The van der Waals surface area contributed by atoms with Gasteiger partial charge in [-0.15, -0.1) is 0 Å². The van der Waals surface area contributed by atoms with Crippen molar-refractivity contribution in [3.05, 3.63) is 46.7 Å². The molecular weight excluding hydrogens is 560 g/mol. The molecule has 3 aromatic heterocycles. The van der Waals surface area contributed by atoms with Crippen molar-refractivity contribution in [2.24, 2.45) is 0 Å². The standard InChI is InChI=1S/C30H37ClN6O5/c1-30(2,3)42-27(39)16-37-15-19(32-13-18-6-11-24-29(34-18)35-25(38)17-41-24)5-7-20(37)8-9-21-22(31)14-33-23-10-12-26(40-4)36-28(21)23/h6,10-12,14,19-20,32H,5,7-9,13,15-17H2,1-4H3,(H,34,35,38). The predicted octanol–water partition coefficient (Wildman–Crippen LogP) is 3.91. The number of anilines is 1. The van der Waals surface area contributed by atoms with Crippen molar-refractivity contribution in [3.8, 4) is 11.6 Å². The molecule has 2 aliphatic rings. The van der Waals surface area contributed by atoms with Crippen LogP contribution in [0.1, 0.15) is 51.3 Å². The summed E-state index contributed by atoms with van der Waals surface area (Å²) in [6.07, 6.45) is 4.95. The van der Waals surface area contributed by atoms with Gasteiger partial charge in [-0.3, -0.25) is 19.5 Å². The molecule has 2 aliphatic heterocycles. The van der Waals surface area contributed by atoms with Crippen molar-refractivity contribution >= 4 is 40.3 Å². The number of carbonyl (C=O) groups is 2. The molecule has 1 amide bonds. The number of amides is 1. The van der Waals surface area contributed by atoms with Crippen molar-refractivity contribution in [2.45, 2.75) is 70.7 Å². The van der Waals surface area contributed by atoms with Gasteiger partial charge in [0.05, 0.1) is 35.4 Å². The number of likely N-dealkylation sites (tertiary alicyclic amines) is 1. The molecule has 0 aliphatic carbocycles. The highest BCUT2D eigenvalue weighted by Crippen LogP contribution is 2.30. The number of pyridine rings is 3. The van der Waals surface area contributed by atoms with Gasteiger partial charge in [0.2, 0.25) is 5.88 Å². The van der Waals surface area contributed by atoms with Crippen LogP contribution in [0.25, 0.3) is 11.0 Å². The third-order valence-electron chi connectivity index (χ3n) is 7.35. The molecule has 0 bridgehead atoms. The van der Waals surface area contributed by atoms with Gasteiger partial charge >= 0.3 is 5.97 Å². The van der Waals surface area contributed by atoms with Gasteiger partial charge in [-0.05, 0) is 64.7 Å². The summed E-state index contributed by atoms with van der Waals surface area (Å²) < 4.78 is 16.4. The van der Waals surface area contributed by atoms with Crippen LogP contribution in [0, 0.1) is 0 Å². The lowest BCUT2D eigenvalue weighted by molar-refractivity contribution is -0.157. The highest BCUT2D eigenvalue weighted by molar-refractivity contribution is 6.32. The molecular formula is C30H37ClN6O5. The molecule has 5 heterocycles. The first-order chi connectivity index (χ1) is 20.1. The third kappa shape index (κ3) is 7.45. The molecule has 224 valence electrons. The number of esters is 1. The number of hydrogen-bond acceptors (Lipinski definition) is 10. The van der Waals surface area contributed by atoms with Gasteiger partial charge < -0.3 is 24.8 Å². The Kier molecular flexibility index (Phi) is 9.10. The van der Waals surface area contributed by atoms with E-state index in [0.29, 0.717) is 42.0 Å². The number of ether oxygens (including phenoxy) is 3. The summed E-state index contributed by atoms with van der Waals surface area (Å²) in [6.45, 7) is 7.00. The van der Waals surface area contributed by atoms with Crippen LogP contribution in [0.4, 0.5) is 5.82 Å². The number of aromatic nitrogens is 3. The zero-order valence-electron chi connectivity index (χ0n) is 24.4. The van der Waals surface area contributed by atoms with Crippen LogP contribution in [0.3, 0.4) is 0 Å². The van der Waals surface area contributed by atoms with E-state index in [4.69, 9.17) is 25.8 Å². The van der Waals surface area contributed by atoms with E-state index in [1.807, 2.05) is 39.0 Å². The Morgan fingerprint density at radius 2 is 2.05 bits per heavy atom. The highest BCUT2D eigenvalue weighted by atomic mass is 35.5. The summed E-state index contributed by atoms with van der Waals surface area (Å²) in [6, 6.07) is 7.67. The van der Waals surface area contributed by atoms with Crippen LogP contribution in [0.5, 0.6) is 11.6 Å². The van der Waals surface area contributed by atoms with Crippen LogP contribution < -0.4 is 20.1 Å². The molecule has 0 radical (unpaired) electrons. The van der Waals surface area contributed by atoms with Crippen molar-refractivity contribution in [1.82, 2.24) is 25.2 Å². The Morgan fingerprint density at radius 3 is 2.83 bits per heavy atom. The maximum atomic E-state index is 12.9. The molecule has 0 aromatic carbocycles. The van der Waals surface area contributed by atoms with Gasteiger partial charge in [0.1, 0.15) is 5.60 Å². The minimum absolute atomic E-state index is 0.00268. The summed E-state index contributed by atoms with van der Waals surface area (Å²) in [5.74, 6) is 1.05. The van der Waals surface area contributed by atoms with Gasteiger partial charge in [0.15, 0.2) is 18.2 Å². The summed E-state index contributed by atoms with van der Waals surface area (Å²) >= 11 is 6.61. The summed E-state index contributed by atoms with van der Waals surface area (Å²) in [5, 5.41) is 6.90. The van der Waals surface area contributed by atoms with Crippen LogP contribution in [-0.4, -0.2) is 76.2 Å². The number of piperidine rings is 1. The Balaban J connectivity index is 1.27. The lowest BCUT2D eigenvalue weighted by Gasteiger charge is -2.40. The number of halogens is 1. The topological polar surface area (TPSA) is 128 Å². The number of hydrogen-bond donors (Lipinski definition) is 2. The fourth-order valence-electron chi connectivity index (χ4n) is 5.42. The molecule has 0 saturated carbocycles. The van der Waals surface area contributed by atoms with Gasteiger partial charge in [-0.2, -0.15) is 0 Å². The minimum Gasteiger partial charge on any atom is -0.481 e. The second-order valence-electron chi connectivity index (χ2n) is 11.7. The van der Waals surface area contributed by atoms with E-state index in [2.05, 4.69) is 30.5 Å². The summed E-state index contributed by atoms with van der Waals surface area (Å²) in [7, 11) is 1.58. The second-order valence-corrected chi connectivity index (χ2v) is 12.1. The predicted molar refractivity (Wildman–Crippen MR) is 159 cm³/mol. The van der Waals surface area contributed by atoms with Crippen molar-refractivity contribution in [2.75, 3.05) is 32.1 Å². The van der Waals surface area contributed by atoms with Gasteiger partial charge in [-0.1, -0.05) is 11.6 Å². The molecule has 2 unspecified atom stereocenters. The average molecular weight is 597 g/mol. The van der Waals surface area contributed by atoms with E-state index in [-0.39, 0.29) is 37.1 Å². The molecule has 0 spiro atoms. The zero-order valence-corrected chi connectivity index (χ0v) is 25.2.